The van der Waals surface area contributed by atoms with E-state index in [4.69, 9.17) is 4.74 Å². The van der Waals surface area contributed by atoms with Crippen molar-refractivity contribution in [3.05, 3.63) is 20.8 Å². The molecule has 1 fully saturated rings. The smallest absolute Gasteiger partial charge is 0.0796 e. The van der Waals surface area contributed by atoms with E-state index in [2.05, 4.69) is 45.9 Å². The van der Waals surface area contributed by atoms with Crippen molar-refractivity contribution in [1.82, 2.24) is 5.32 Å². The molecule has 1 aliphatic heterocycles. The van der Waals surface area contributed by atoms with Gasteiger partial charge in [0.1, 0.15) is 0 Å². The van der Waals surface area contributed by atoms with Crippen LogP contribution in [0.5, 0.6) is 0 Å². The highest BCUT2D eigenvalue weighted by molar-refractivity contribution is 9.10. The van der Waals surface area contributed by atoms with Crippen LogP contribution in [0.2, 0.25) is 0 Å². The minimum atomic E-state index is 0.312. The Balaban J connectivity index is 2.15. The minimum absolute atomic E-state index is 0.312. The molecule has 2 nitrogen and oxygen atoms in total. The van der Waals surface area contributed by atoms with Crippen LogP contribution in [0, 0.1) is 5.92 Å². The highest BCUT2D eigenvalue weighted by Gasteiger charge is 2.33. The van der Waals surface area contributed by atoms with E-state index in [1.165, 1.54) is 16.5 Å². The fourth-order valence-corrected chi connectivity index (χ4v) is 3.94. The molecule has 0 spiro atoms. The molecule has 1 aliphatic rings. The quantitative estimate of drug-likeness (QED) is 0.887. The number of rotatable bonds is 5. The zero-order valence-electron chi connectivity index (χ0n) is 10.4. The Labute approximate surface area is 116 Å². The van der Waals surface area contributed by atoms with Gasteiger partial charge in [-0.3, -0.25) is 0 Å². The Morgan fingerprint density at radius 1 is 1.59 bits per heavy atom. The van der Waals surface area contributed by atoms with Crippen LogP contribution in [0.1, 0.15) is 38.3 Å². The molecule has 0 bridgehead atoms. The molecule has 0 amide bonds. The summed E-state index contributed by atoms with van der Waals surface area (Å²) in [6.07, 6.45) is 2.64. The van der Waals surface area contributed by atoms with Gasteiger partial charge in [0.05, 0.1) is 12.1 Å². The SMILES string of the molecule is CCCNC(c1cscc1Br)C1OCCC1C. The molecular weight excluding hydrogens is 298 g/mol. The Hall–Kier alpha value is 0.1000. The van der Waals surface area contributed by atoms with Gasteiger partial charge in [-0.15, -0.1) is 0 Å². The van der Waals surface area contributed by atoms with Crippen LogP contribution >= 0.6 is 27.3 Å². The van der Waals surface area contributed by atoms with E-state index in [1.54, 1.807) is 11.3 Å². The zero-order valence-corrected chi connectivity index (χ0v) is 12.8. The van der Waals surface area contributed by atoms with E-state index in [9.17, 15) is 0 Å². The predicted octanol–water partition coefficient (Wildman–Crippen LogP) is 3.98. The van der Waals surface area contributed by atoms with Crippen LogP contribution in [0.25, 0.3) is 0 Å². The first kappa shape index (κ1) is 13.5. The Bertz CT molecular complexity index is 355. The van der Waals surface area contributed by atoms with Crippen LogP contribution in [0.4, 0.5) is 0 Å². The van der Waals surface area contributed by atoms with Gasteiger partial charge in [-0.05, 0) is 52.2 Å². The number of nitrogens with one attached hydrogen (secondary N) is 1. The summed E-state index contributed by atoms with van der Waals surface area (Å²) in [5.41, 5.74) is 1.35. The third-order valence-electron chi connectivity index (χ3n) is 3.36. The first-order chi connectivity index (χ1) is 8.24. The van der Waals surface area contributed by atoms with E-state index in [1.807, 2.05) is 0 Å². The molecule has 1 N–H and O–H groups in total. The monoisotopic (exact) mass is 317 g/mol. The summed E-state index contributed by atoms with van der Waals surface area (Å²) in [5, 5.41) is 8.01. The van der Waals surface area contributed by atoms with E-state index in [0.29, 0.717) is 18.1 Å². The lowest BCUT2D eigenvalue weighted by Gasteiger charge is -2.27. The molecule has 96 valence electrons. The second-order valence-corrected chi connectivity index (χ2v) is 6.31. The molecule has 0 radical (unpaired) electrons. The molecule has 4 heteroatoms. The summed E-state index contributed by atoms with van der Waals surface area (Å²) >= 11 is 5.39. The fraction of sp³-hybridized carbons (Fsp3) is 0.692. The average Bonchev–Trinajstić information content (AvgIpc) is 2.90. The molecular formula is C13H20BrNOS. The van der Waals surface area contributed by atoms with Crippen LogP contribution in [-0.2, 0) is 4.74 Å². The predicted molar refractivity (Wildman–Crippen MR) is 76.6 cm³/mol. The second-order valence-electron chi connectivity index (χ2n) is 4.71. The van der Waals surface area contributed by atoms with Crippen molar-refractivity contribution in [2.45, 2.75) is 38.8 Å². The summed E-state index contributed by atoms with van der Waals surface area (Å²) in [6, 6.07) is 0.327. The Kier molecular flexibility index (Phi) is 5.03. The highest BCUT2D eigenvalue weighted by Crippen LogP contribution is 2.36. The fourth-order valence-electron chi connectivity index (χ4n) is 2.36. The molecule has 1 saturated heterocycles. The molecule has 0 saturated carbocycles. The molecule has 2 rings (SSSR count). The van der Waals surface area contributed by atoms with Crippen molar-refractivity contribution in [2.75, 3.05) is 13.2 Å². The number of thiophene rings is 1. The van der Waals surface area contributed by atoms with Crippen molar-refractivity contribution in [3.63, 3.8) is 0 Å². The van der Waals surface area contributed by atoms with Crippen LogP contribution < -0.4 is 5.32 Å². The van der Waals surface area contributed by atoms with Crippen LogP contribution in [0.3, 0.4) is 0 Å². The number of hydrogen-bond acceptors (Lipinski definition) is 3. The lowest BCUT2D eigenvalue weighted by Crippen LogP contribution is -2.35. The Morgan fingerprint density at radius 3 is 2.94 bits per heavy atom. The summed E-state index contributed by atoms with van der Waals surface area (Å²) in [7, 11) is 0. The van der Waals surface area contributed by atoms with Gasteiger partial charge >= 0.3 is 0 Å². The first-order valence-electron chi connectivity index (χ1n) is 6.30. The van der Waals surface area contributed by atoms with Gasteiger partial charge < -0.3 is 10.1 Å². The topological polar surface area (TPSA) is 21.3 Å². The van der Waals surface area contributed by atoms with Crippen LogP contribution in [-0.4, -0.2) is 19.3 Å². The van der Waals surface area contributed by atoms with E-state index < -0.39 is 0 Å². The molecule has 0 aliphatic carbocycles. The van der Waals surface area contributed by atoms with Gasteiger partial charge in [-0.2, -0.15) is 11.3 Å². The highest BCUT2D eigenvalue weighted by atomic mass is 79.9. The van der Waals surface area contributed by atoms with Gasteiger partial charge in [-0.25, -0.2) is 0 Å². The molecule has 1 aromatic rings. The van der Waals surface area contributed by atoms with Crippen molar-refractivity contribution in [3.8, 4) is 0 Å². The van der Waals surface area contributed by atoms with Crippen LogP contribution in [0.15, 0.2) is 15.2 Å². The standard InChI is InChI=1S/C13H20BrNOS/c1-3-5-15-12(10-7-17-8-11(10)14)13-9(2)4-6-16-13/h7-9,12-13,15H,3-6H2,1-2H3. The van der Waals surface area contributed by atoms with Crippen molar-refractivity contribution >= 4 is 27.3 Å². The molecule has 0 aromatic carbocycles. The maximum Gasteiger partial charge on any atom is 0.0796 e. The minimum Gasteiger partial charge on any atom is -0.376 e. The molecule has 1 aromatic heterocycles. The summed E-state index contributed by atoms with van der Waals surface area (Å²) in [4.78, 5) is 0. The molecule has 3 atom stereocenters. The number of hydrogen-bond donors (Lipinski definition) is 1. The lowest BCUT2D eigenvalue weighted by molar-refractivity contribution is 0.0606. The summed E-state index contributed by atoms with van der Waals surface area (Å²) in [6.45, 7) is 6.43. The van der Waals surface area contributed by atoms with Gasteiger partial charge in [0.15, 0.2) is 0 Å². The largest absolute Gasteiger partial charge is 0.376 e. The summed E-state index contributed by atoms with van der Waals surface area (Å²) < 4.78 is 7.13. The maximum atomic E-state index is 5.92. The van der Waals surface area contributed by atoms with Crippen molar-refractivity contribution < 1.29 is 4.74 Å². The van der Waals surface area contributed by atoms with Crippen molar-refractivity contribution in [1.29, 1.82) is 0 Å². The lowest BCUT2D eigenvalue weighted by atomic mass is 9.94. The van der Waals surface area contributed by atoms with E-state index in [0.717, 1.165) is 19.6 Å². The third-order valence-corrected chi connectivity index (χ3v) is 5.12. The zero-order chi connectivity index (χ0) is 12.3. The molecule has 17 heavy (non-hydrogen) atoms. The van der Waals surface area contributed by atoms with E-state index >= 15 is 0 Å². The normalized spacial score (nSPS) is 26.3. The summed E-state index contributed by atoms with van der Waals surface area (Å²) in [5.74, 6) is 0.635. The van der Waals surface area contributed by atoms with Gasteiger partial charge in [-0.1, -0.05) is 13.8 Å². The van der Waals surface area contributed by atoms with Gasteiger partial charge in [0.25, 0.3) is 0 Å². The Morgan fingerprint density at radius 2 is 2.41 bits per heavy atom. The molecule has 3 unspecified atom stereocenters. The molecule has 2 heterocycles. The number of halogens is 1. The third kappa shape index (κ3) is 3.11. The second kappa shape index (κ2) is 6.32. The maximum absolute atomic E-state index is 5.92. The average molecular weight is 318 g/mol. The van der Waals surface area contributed by atoms with E-state index in [-0.39, 0.29) is 0 Å². The van der Waals surface area contributed by atoms with Gasteiger partial charge in [0, 0.05) is 16.5 Å². The van der Waals surface area contributed by atoms with Crippen molar-refractivity contribution in [2.24, 2.45) is 5.92 Å². The number of ether oxygens (including phenoxy) is 1. The first-order valence-corrected chi connectivity index (χ1v) is 8.04. The van der Waals surface area contributed by atoms with Gasteiger partial charge in [0.2, 0.25) is 0 Å².